The van der Waals surface area contributed by atoms with Gasteiger partial charge in [-0.3, -0.25) is 0 Å². The number of aromatic hydroxyl groups is 1. The van der Waals surface area contributed by atoms with E-state index in [1.54, 1.807) is 19.1 Å². The highest BCUT2D eigenvalue weighted by molar-refractivity contribution is 5.74. The second kappa shape index (κ2) is 10.4. The Morgan fingerprint density at radius 2 is 2.06 bits per heavy atom. The molecule has 10 heteroatoms. The molecule has 2 fully saturated rings. The zero-order chi connectivity index (χ0) is 22.5. The predicted octanol–water partition coefficient (Wildman–Crippen LogP) is 3.51. The van der Waals surface area contributed by atoms with Gasteiger partial charge in [-0.15, -0.1) is 10.2 Å². The van der Waals surface area contributed by atoms with Crippen LogP contribution in [0, 0.1) is 6.92 Å². The van der Waals surface area contributed by atoms with Crippen molar-refractivity contribution in [2.75, 3.05) is 37.8 Å². The standard InChI is InChI=1S/C22H27F2N3O5/c1-14-10-17(28)21(18(11-14)32-22(23)24)16-5-6-19(26-25-16)27-7-9-29-15(12-27)13-31-20-4-2-3-8-30-20/h5-6,10-11,15,20,22,28H,2-4,7-9,12-13H2,1H3/t15-,20?/m0/s1. The van der Waals surface area contributed by atoms with Gasteiger partial charge in [-0.05, 0) is 56.0 Å². The van der Waals surface area contributed by atoms with Crippen molar-refractivity contribution in [3.63, 3.8) is 0 Å². The molecule has 1 aromatic heterocycles. The number of aryl methyl sites for hydroxylation is 1. The first-order chi connectivity index (χ1) is 15.5. The number of morpholine rings is 1. The molecule has 2 saturated heterocycles. The number of rotatable bonds is 7. The van der Waals surface area contributed by atoms with Gasteiger partial charge in [0.05, 0.1) is 24.9 Å². The Morgan fingerprint density at radius 3 is 2.78 bits per heavy atom. The lowest BCUT2D eigenvalue weighted by atomic mass is 10.1. The highest BCUT2D eigenvalue weighted by Gasteiger charge is 2.25. The van der Waals surface area contributed by atoms with E-state index < -0.39 is 6.61 Å². The lowest BCUT2D eigenvalue weighted by molar-refractivity contribution is -0.180. The Kier molecular flexibility index (Phi) is 7.33. The van der Waals surface area contributed by atoms with Crippen LogP contribution in [-0.4, -0.2) is 67.2 Å². The summed E-state index contributed by atoms with van der Waals surface area (Å²) in [6.07, 6.45) is 2.77. The molecule has 0 saturated carbocycles. The third-order valence-electron chi connectivity index (χ3n) is 5.42. The maximum absolute atomic E-state index is 12.8. The summed E-state index contributed by atoms with van der Waals surface area (Å²) in [5, 5.41) is 18.7. The monoisotopic (exact) mass is 451 g/mol. The maximum Gasteiger partial charge on any atom is 0.387 e. The average molecular weight is 451 g/mol. The quantitative estimate of drug-likeness (QED) is 0.685. The third-order valence-corrected chi connectivity index (χ3v) is 5.42. The summed E-state index contributed by atoms with van der Waals surface area (Å²) in [5.41, 5.74) is 0.909. The molecule has 2 atom stereocenters. The van der Waals surface area contributed by atoms with Gasteiger partial charge < -0.3 is 29.0 Å². The van der Waals surface area contributed by atoms with E-state index in [1.165, 1.54) is 12.1 Å². The van der Waals surface area contributed by atoms with Crippen LogP contribution in [0.15, 0.2) is 24.3 Å². The van der Waals surface area contributed by atoms with Crippen LogP contribution in [0.5, 0.6) is 11.5 Å². The maximum atomic E-state index is 12.8. The molecule has 1 unspecified atom stereocenters. The minimum absolute atomic E-state index is 0.0793. The first kappa shape index (κ1) is 22.6. The second-order valence-corrected chi connectivity index (χ2v) is 7.88. The Bertz CT molecular complexity index is 894. The van der Waals surface area contributed by atoms with Gasteiger partial charge in [-0.25, -0.2) is 0 Å². The van der Waals surface area contributed by atoms with Crippen molar-refractivity contribution in [1.82, 2.24) is 10.2 Å². The van der Waals surface area contributed by atoms with Crippen molar-refractivity contribution < 1.29 is 32.8 Å². The number of phenolic OH excluding ortho intramolecular Hbond substituents is 1. The summed E-state index contributed by atoms with van der Waals surface area (Å²) in [5.74, 6) is 0.281. The van der Waals surface area contributed by atoms with Crippen molar-refractivity contribution in [1.29, 1.82) is 0 Å². The molecule has 0 spiro atoms. The highest BCUT2D eigenvalue weighted by Crippen LogP contribution is 2.38. The molecule has 1 aromatic carbocycles. The normalized spacial score (nSPS) is 21.7. The number of ether oxygens (including phenoxy) is 4. The van der Waals surface area contributed by atoms with Crippen molar-refractivity contribution in [2.45, 2.75) is 45.2 Å². The van der Waals surface area contributed by atoms with Gasteiger partial charge in [0.1, 0.15) is 17.2 Å². The molecule has 3 heterocycles. The Labute approximate surface area is 185 Å². The van der Waals surface area contributed by atoms with Crippen LogP contribution in [0.4, 0.5) is 14.6 Å². The summed E-state index contributed by atoms with van der Waals surface area (Å²) >= 11 is 0. The first-order valence-corrected chi connectivity index (χ1v) is 10.7. The van der Waals surface area contributed by atoms with Gasteiger partial charge in [0.15, 0.2) is 12.1 Å². The predicted molar refractivity (Wildman–Crippen MR) is 112 cm³/mol. The largest absolute Gasteiger partial charge is 0.507 e. The molecule has 32 heavy (non-hydrogen) atoms. The molecule has 0 bridgehead atoms. The van der Waals surface area contributed by atoms with Gasteiger partial charge in [0, 0.05) is 19.7 Å². The van der Waals surface area contributed by atoms with Gasteiger partial charge in [-0.2, -0.15) is 8.78 Å². The number of alkyl halides is 2. The molecule has 0 radical (unpaired) electrons. The van der Waals surface area contributed by atoms with Crippen LogP contribution < -0.4 is 9.64 Å². The fraction of sp³-hybridized carbons (Fsp3) is 0.545. The summed E-state index contributed by atoms with van der Waals surface area (Å²) in [7, 11) is 0. The van der Waals surface area contributed by atoms with Crippen LogP contribution in [0.25, 0.3) is 11.3 Å². The topological polar surface area (TPSA) is 86.2 Å². The molecule has 2 aromatic rings. The number of hydrogen-bond donors (Lipinski definition) is 1. The number of anilines is 1. The number of hydrogen-bond acceptors (Lipinski definition) is 8. The zero-order valence-electron chi connectivity index (χ0n) is 17.9. The molecule has 1 N–H and O–H groups in total. The van der Waals surface area contributed by atoms with Gasteiger partial charge >= 0.3 is 6.61 Å². The molecule has 0 aliphatic carbocycles. The summed E-state index contributed by atoms with van der Waals surface area (Å²) in [4.78, 5) is 2.03. The number of halogens is 2. The number of benzene rings is 1. The average Bonchev–Trinajstić information content (AvgIpc) is 2.78. The lowest BCUT2D eigenvalue weighted by Gasteiger charge is -2.34. The highest BCUT2D eigenvalue weighted by atomic mass is 19.3. The Morgan fingerprint density at radius 1 is 1.19 bits per heavy atom. The zero-order valence-corrected chi connectivity index (χ0v) is 17.9. The number of aromatic nitrogens is 2. The summed E-state index contributed by atoms with van der Waals surface area (Å²) < 4.78 is 47.5. The van der Waals surface area contributed by atoms with E-state index in [1.807, 2.05) is 4.90 Å². The molecule has 2 aliphatic rings. The molecule has 174 valence electrons. The van der Waals surface area contributed by atoms with Gasteiger partial charge in [0.2, 0.25) is 0 Å². The van der Waals surface area contributed by atoms with Gasteiger partial charge in [-0.1, -0.05) is 0 Å². The van der Waals surface area contributed by atoms with E-state index in [4.69, 9.17) is 14.2 Å². The van der Waals surface area contributed by atoms with Crippen molar-refractivity contribution in [3.8, 4) is 22.8 Å². The third kappa shape index (κ3) is 5.62. The van der Waals surface area contributed by atoms with Crippen LogP contribution in [0.3, 0.4) is 0 Å². The number of nitrogens with zero attached hydrogens (tertiary/aromatic N) is 3. The first-order valence-electron chi connectivity index (χ1n) is 10.7. The molecule has 8 nitrogen and oxygen atoms in total. The summed E-state index contributed by atoms with van der Waals surface area (Å²) in [6, 6.07) is 6.26. The van der Waals surface area contributed by atoms with Crippen LogP contribution >= 0.6 is 0 Å². The Balaban J connectivity index is 1.43. The van der Waals surface area contributed by atoms with Crippen molar-refractivity contribution >= 4 is 5.82 Å². The SMILES string of the molecule is Cc1cc(O)c(-c2ccc(N3CCO[C@H](COC4CCCCO4)C3)nn2)c(OC(F)F)c1. The van der Waals surface area contributed by atoms with E-state index >= 15 is 0 Å². The molecule has 0 amide bonds. The molecular formula is C22H27F2N3O5. The van der Waals surface area contributed by atoms with Gasteiger partial charge in [0.25, 0.3) is 0 Å². The minimum Gasteiger partial charge on any atom is -0.507 e. The smallest absolute Gasteiger partial charge is 0.387 e. The fourth-order valence-corrected chi connectivity index (χ4v) is 3.89. The van der Waals surface area contributed by atoms with E-state index in [0.29, 0.717) is 37.7 Å². The minimum atomic E-state index is -3.02. The van der Waals surface area contributed by atoms with Crippen LogP contribution in [0.2, 0.25) is 0 Å². The second-order valence-electron chi connectivity index (χ2n) is 7.88. The molecule has 4 rings (SSSR count). The summed E-state index contributed by atoms with van der Waals surface area (Å²) in [6.45, 7) is 1.55. The van der Waals surface area contributed by atoms with E-state index in [0.717, 1.165) is 25.9 Å². The van der Waals surface area contributed by atoms with E-state index in [2.05, 4.69) is 14.9 Å². The Hall–Kier alpha value is -2.56. The number of phenols is 1. The van der Waals surface area contributed by atoms with Crippen LogP contribution in [-0.2, 0) is 14.2 Å². The van der Waals surface area contributed by atoms with Crippen molar-refractivity contribution in [3.05, 3.63) is 29.8 Å². The van der Waals surface area contributed by atoms with Crippen LogP contribution in [0.1, 0.15) is 24.8 Å². The lowest BCUT2D eigenvalue weighted by Crippen LogP contribution is -2.45. The molecular weight excluding hydrogens is 424 g/mol. The van der Waals surface area contributed by atoms with Crippen molar-refractivity contribution in [2.24, 2.45) is 0 Å². The van der Waals surface area contributed by atoms with E-state index in [9.17, 15) is 13.9 Å². The van der Waals surface area contributed by atoms with E-state index in [-0.39, 0.29) is 35.2 Å². The fourth-order valence-electron chi connectivity index (χ4n) is 3.89. The molecule has 2 aliphatic heterocycles.